The predicted molar refractivity (Wildman–Crippen MR) is 53.6 cm³/mol. The molecule has 80 valence electrons. The average molecular weight is 198 g/mol. The maximum Gasteiger partial charge on any atom is 0.322 e. The Bertz CT molecular complexity index is 221. The van der Waals surface area contributed by atoms with E-state index in [0.29, 0.717) is 13.0 Å². The number of hydrogen-bond donors (Lipinski definition) is 0. The number of carbonyl (C=O) groups is 1. The van der Waals surface area contributed by atoms with Gasteiger partial charge in [0, 0.05) is 19.0 Å². The monoisotopic (exact) mass is 198 g/mol. The summed E-state index contributed by atoms with van der Waals surface area (Å²) in [6.07, 6.45) is 0.430. The van der Waals surface area contributed by atoms with Crippen LogP contribution in [0.15, 0.2) is 0 Å². The number of nitriles is 1. The molecule has 0 saturated heterocycles. The van der Waals surface area contributed by atoms with Gasteiger partial charge in [-0.3, -0.25) is 9.69 Å². The highest BCUT2D eigenvalue weighted by Gasteiger charge is 2.23. The van der Waals surface area contributed by atoms with E-state index in [4.69, 9.17) is 5.26 Å². The van der Waals surface area contributed by atoms with Crippen LogP contribution in [-0.2, 0) is 9.53 Å². The Labute approximate surface area is 85.5 Å². The van der Waals surface area contributed by atoms with Crippen LogP contribution in [0.25, 0.3) is 0 Å². The molecule has 14 heavy (non-hydrogen) atoms. The van der Waals surface area contributed by atoms with Crippen molar-refractivity contribution in [3.8, 4) is 6.07 Å². The van der Waals surface area contributed by atoms with E-state index in [2.05, 4.69) is 10.8 Å². The highest BCUT2D eigenvalue weighted by Crippen LogP contribution is 2.07. The fourth-order valence-electron chi connectivity index (χ4n) is 1.38. The van der Waals surface area contributed by atoms with E-state index in [0.717, 1.165) is 0 Å². The zero-order chi connectivity index (χ0) is 11.1. The summed E-state index contributed by atoms with van der Waals surface area (Å²) in [7, 11) is 1.38. The number of methoxy groups -OCH3 is 1. The van der Waals surface area contributed by atoms with Crippen molar-refractivity contribution in [1.82, 2.24) is 4.90 Å². The zero-order valence-electron chi connectivity index (χ0n) is 9.28. The molecule has 0 amide bonds. The molecule has 0 radical (unpaired) electrons. The summed E-state index contributed by atoms with van der Waals surface area (Å²) in [5, 5.41) is 8.48. The standard InChI is InChI=1S/C10H18N2O2/c1-8(2)12(7-5-6-11)9(3)10(13)14-4/h8-9H,5,7H2,1-4H3. The Morgan fingerprint density at radius 1 is 1.50 bits per heavy atom. The lowest BCUT2D eigenvalue weighted by molar-refractivity contribution is -0.147. The van der Waals surface area contributed by atoms with Crippen LogP contribution in [0.3, 0.4) is 0 Å². The first kappa shape index (κ1) is 12.9. The van der Waals surface area contributed by atoms with Crippen LogP contribution in [0.5, 0.6) is 0 Å². The van der Waals surface area contributed by atoms with Crippen molar-refractivity contribution in [3.05, 3.63) is 0 Å². The number of hydrogen-bond acceptors (Lipinski definition) is 4. The van der Waals surface area contributed by atoms with Gasteiger partial charge >= 0.3 is 5.97 Å². The SMILES string of the molecule is COC(=O)C(C)N(CCC#N)C(C)C. The number of nitrogens with zero attached hydrogens (tertiary/aromatic N) is 2. The Morgan fingerprint density at radius 2 is 2.07 bits per heavy atom. The van der Waals surface area contributed by atoms with Crippen molar-refractivity contribution in [2.75, 3.05) is 13.7 Å². The fraction of sp³-hybridized carbons (Fsp3) is 0.800. The van der Waals surface area contributed by atoms with Crippen LogP contribution in [0.4, 0.5) is 0 Å². The van der Waals surface area contributed by atoms with Crippen molar-refractivity contribution in [1.29, 1.82) is 5.26 Å². The second-order valence-corrected chi connectivity index (χ2v) is 3.44. The second-order valence-electron chi connectivity index (χ2n) is 3.44. The Kier molecular flexibility index (Phi) is 5.89. The third-order valence-electron chi connectivity index (χ3n) is 2.18. The number of rotatable bonds is 5. The number of carbonyl (C=O) groups excluding carboxylic acids is 1. The van der Waals surface area contributed by atoms with E-state index >= 15 is 0 Å². The second kappa shape index (κ2) is 6.39. The summed E-state index contributed by atoms with van der Waals surface area (Å²) in [4.78, 5) is 13.2. The molecule has 0 aromatic heterocycles. The van der Waals surface area contributed by atoms with Crippen LogP contribution < -0.4 is 0 Å². The molecule has 0 aliphatic rings. The van der Waals surface area contributed by atoms with Gasteiger partial charge in [-0.2, -0.15) is 5.26 Å². The van der Waals surface area contributed by atoms with Crippen LogP contribution in [0.1, 0.15) is 27.2 Å². The molecule has 0 bridgehead atoms. The van der Waals surface area contributed by atoms with E-state index < -0.39 is 0 Å². The van der Waals surface area contributed by atoms with E-state index in [1.54, 1.807) is 6.92 Å². The normalized spacial score (nSPS) is 12.6. The van der Waals surface area contributed by atoms with Gasteiger partial charge in [0.25, 0.3) is 0 Å². The predicted octanol–water partition coefficient (Wildman–Crippen LogP) is 1.17. The third-order valence-corrected chi connectivity index (χ3v) is 2.18. The van der Waals surface area contributed by atoms with E-state index in [1.165, 1.54) is 7.11 Å². The molecule has 0 aromatic carbocycles. The van der Waals surface area contributed by atoms with Gasteiger partial charge in [-0.05, 0) is 20.8 Å². The highest BCUT2D eigenvalue weighted by molar-refractivity contribution is 5.75. The minimum absolute atomic E-state index is 0.234. The molecule has 0 heterocycles. The lowest BCUT2D eigenvalue weighted by Crippen LogP contribution is -2.44. The van der Waals surface area contributed by atoms with Crippen LogP contribution in [0.2, 0.25) is 0 Å². The summed E-state index contributed by atoms with van der Waals surface area (Å²) in [6.45, 7) is 6.39. The third kappa shape index (κ3) is 3.75. The van der Waals surface area contributed by atoms with Gasteiger partial charge in [0.1, 0.15) is 6.04 Å². The summed E-state index contributed by atoms with van der Waals surface area (Å²) >= 11 is 0. The fourth-order valence-corrected chi connectivity index (χ4v) is 1.38. The molecule has 0 N–H and O–H groups in total. The van der Waals surface area contributed by atoms with Crippen molar-refractivity contribution >= 4 is 5.97 Å². The molecule has 4 nitrogen and oxygen atoms in total. The molecule has 0 aliphatic carbocycles. The molecule has 0 aromatic rings. The van der Waals surface area contributed by atoms with Crippen LogP contribution in [-0.4, -0.2) is 36.6 Å². The summed E-state index contributed by atoms with van der Waals surface area (Å²) in [5.74, 6) is -0.253. The van der Waals surface area contributed by atoms with Crippen LogP contribution >= 0.6 is 0 Å². The Hall–Kier alpha value is -1.08. The zero-order valence-corrected chi connectivity index (χ0v) is 9.28. The van der Waals surface area contributed by atoms with Gasteiger partial charge in [-0.15, -0.1) is 0 Å². The van der Waals surface area contributed by atoms with Crippen molar-refractivity contribution < 1.29 is 9.53 Å². The van der Waals surface area contributed by atoms with E-state index in [1.807, 2.05) is 18.7 Å². The number of ether oxygens (including phenoxy) is 1. The first-order valence-electron chi connectivity index (χ1n) is 4.75. The molecule has 1 atom stereocenters. The first-order chi connectivity index (χ1) is 6.54. The molecule has 0 saturated carbocycles. The molecule has 4 heteroatoms. The lowest BCUT2D eigenvalue weighted by Gasteiger charge is -2.29. The summed E-state index contributed by atoms with van der Waals surface area (Å²) < 4.78 is 4.66. The van der Waals surface area contributed by atoms with E-state index in [9.17, 15) is 4.79 Å². The first-order valence-corrected chi connectivity index (χ1v) is 4.75. The van der Waals surface area contributed by atoms with Gasteiger partial charge in [0.15, 0.2) is 0 Å². The largest absolute Gasteiger partial charge is 0.468 e. The Morgan fingerprint density at radius 3 is 2.43 bits per heavy atom. The maximum atomic E-state index is 11.3. The average Bonchev–Trinajstić information content (AvgIpc) is 2.16. The molecular formula is C10H18N2O2. The topological polar surface area (TPSA) is 53.3 Å². The Balaban J connectivity index is 4.34. The van der Waals surface area contributed by atoms with Crippen LogP contribution in [0, 0.1) is 11.3 Å². The summed E-state index contributed by atoms with van der Waals surface area (Å²) in [5.41, 5.74) is 0. The minimum Gasteiger partial charge on any atom is -0.468 e. The van der Waals surface area contributed by atoms with Gasteiger partial charge in [0.2, 0.25) is 0 Å². The molecule has 0 spiro atoms. The van der Waals surface area contributed by atoms with Crippen molar-refractivity contribution in [2.24, 2.45) is 0 Å². The minimum atomic E-state index is -0.284. The lowest BCUT2D eigenvalue weighted by atomic mass is 10.2. The number of esters is 1. The molecule has 1 unspecified atom stereocenters. The van der Waals surface area contributed by atoms with Gasteiger partial charge in [0.05, 0.1) is 13.2 Å². The van der Waals surface area contributed by atoms with Crippen molar-refractivity contribution in [3.63, 3.8) is 0 Å². The van der Waals surface area contributed by atoms with E-state index in [-0.39, 0.29) is 18.1 Å². The molecular weight excluding hydrogens is 180 g/mol. The maximum absolute atomic E-state index is 11.3. The molecule has 0 rings (SSSR count). The highest BCUT2D eigenvalue weighted by atomic mass is 16.5. The van der Waals surface area contributed by atoms with Gasteiger partial charge < -0.3 is 4.74 Å². The molecule has 0 aliphatic heterocycles. The summed E-state index contributed by atoms with van der Waals surface area (Å²) in [6, 6.07) is 2.02. The smallest absolute Gasteiger partial charge is 0.322 e. The quantitative estimate of drug-likeness (QED) is 0.622. The van der Waals surface area contributed by atoms with Gasteiger partial charge in [-0.1, -0.05) is 0 Å². The molecule has 0 fully saturated rings. The van der Waals surface area contributed by atoms with Crippen molar-refractivity contribution in [2.45, 2.75) is 39.3 Å². The van der Waals surface area contributed by atoms with Gasteiger partial charge in [-0.25, -0.2) is 0 Å².